The van der Waals surface area contributed by atoms with Crippen LogP contribution in [0.25, 0.3) is 4.96 Å². The zero-order valence-electron chi connectivity index (χ0n) is 13.6. The second-order valence-corrected chi connectivity index (χ2v) is 7.41. The standard InChI is InChI=1S/C16H24N4OS/c1-4-12-10-14(21)20-15(17-12)22-16(18-20)19-9-5-6-13(19)8-7-11(2)3/h10-11,13H,4-9H2,1-3H3. The van der Waals surface area contributed by atoms with Crippen LogP contribution in [0.3, 0.4) is 0 Å². The van der Waals surface area contributed by atoms with Crippen LogP contribution in [-0.2, 0) is 6.42 Å². The molecule has 0 spiro atoms. The van der Waals surface area contributed by atoms with Gasteiger partial charge >= 0.3 is 0 Å². The third-order valence-electron chi connectivity index (χ3n) is 4.35. The maximum atomic E-state index is 12.1. The number of rotatable bonds is 5. The second-order valence-electron chi connectivity index (χ2n) is 6.48. The molecule has 0 bridgehead atoms. The number of aromatic nitrogens is 3. The van der Waals surface area contributed by atoms with Gasteiger partial charge in [0.1, 0.15) is 0 Å². The highest BCUT2D eigenvalue weighted by Crippen LogP contribution is 2.31. The third kappa shape index (κ3) is 3.02. The van der Waals surface area contributed by atoms with Gasteiger partial charge in [-0.1, -0.05) is 32.1 Å². The largest absolute Gasteiger partial charge is 0.344 e. The molecule has 1 aliphatic heterocycles. The first kappa shape index (κ1) is 15.5. The van der Waals surface area contributed by atoms with E-state index in [0.717, 1.165) is 29.7 Å². The van der Waals surface area contributed by atoms with Crippen molar-refractivity contribution >= 4 is 21.4 Å². The highest BCUT2D eigenvalue weighted by molar-refractivity contribution is 7.20. The van der Waals surface area contributed by atoms with E-state index >= 15 is 0 Å². The van der Waals surface area contributed by atoms with Crippen molar-refractivity contribution in [3.63, 3.8) is 0 Å². The smallest absolute Gasteiger partial charge is 0.275 e. The Kier molecular flexibility index (Phi) is 4.47. The van der Waals surface area contributed by atoms with Crippen LogP contribution >= 0.6 is 11.3 Å². The van der Waals surface area contributed by atoms with Crippen molar-refractivity contribution in [1.82, 2.24) is 14.6 Å². The van der Waals surface area contributed by atoms with Crippen molar-refractivity contribution < 1.29 is 0 Å². The highest BCUT2D eigenvalue weighted by atomic mass is 32.1. The van der Waals surface area contributed by atoms with Gasteiger partial charge in [0, 0.05) is 24.3 Å². The summed E-state index contributed by atoms with van der Waals surface area (Å²) in [6, 6.07) is 2.15. The summed E-state index contributed by atoms with van der Waals surface area (Å²) >= 11 is 1.54. The first-order valence-electron chi connectivity index (χ1n) is 8.25. The normalized spacial score (nSPS) is 18.7. The summed E-state index contributed by atoms with van der Waals surface area (Å²) < 4.78 is 1.46. The number of nitrogens with zero attached hydrogens (tertiary/aromatic N) is 4. The minimum Gasteiger partial charge on any atom is -0.344 e. The molecule has 5 nitrogen and oxygen atoms in total. The van der Waals surface area contributed by atoms with Gasteiger partial charge in [-0.2, -0.15) is 4.52 Å². The number of anilines is 1. The van der Waals surface area contributed by atoms with E-state index in [1.54, 1.807) is 17.4 Å². The highest BCUT2D eigenvalue weighted by Gasteiger charge is 2.27. The summed E-state index contributed by atoms with van der Waals surface area (Å²) in [7, 11) is 0. The molecule has 22 heavy (non-hydrogen) atoms. The molecule has 120 valence electrons. The van der Waals surface area contributed by atoms with Crippen molar-refractivity contribution in [3.05, 3.63) is 22.1 Å². The summed E-state index contributed by atoms with van der Waals surface area (Å²) in [5.41, 5.74) is 0.778. The predicted octanol–water partition coefficient (Wildman–Crippen LogP) is 3.12. The molecule has 0 radical (unpaired) electrons. The first-order chi connectivity index (χ1) is 10.6. The lowest BCUT2D eigenvalue weighted by molar-refractivity contribution is 0.494. The molecule has 6 heteroatoms. The Morgan fingerprint density at radius 1 is 1.45 bits per heavy atom. The summed E-state index contributed by atoms with van der Waals surface area (Å²) in [6.45, 7) is 7.60. The number of hydrogen-bond acceptors (Lipinski definition) is 5. The van der Waals surface area contributed by atoms with E-state index in [9.17, 15) is 4.79 Å². The Morgan fingerprint density at radius 2 is 2.27 bits per heavy atom. The van der Waals surface area contributed by atoms with E-state index in [2.05, 4.69) is 28.8 Å². The van der Waals surface area contributed by atoms with Gasteiger partial charge in [-0.3, -0.25) is 4.79 Å². The van der Waals surface area contributed by atoms with Crippen LogP contribution in [0.1, 0.15) is 52.1 Å². The molecule has 0 aliphatic carbocycles. The monoisotopic (exact) mass is 320 g/mol. The lowest BCUT2D eigenvalue weighted by Gasteiger charge is -2.24. The number of aryl methyl sites for hydroxylation is 1. The molecular weight excluding hydrogens is 296 g/mol. The van der Waals surface area contributed by atoms with Gasteiger partial charge in [-0.15, -0.1) is 5.10 Å². The molecule has 0 amide bonds. The fraction of sp³-hybridized carbons (Fsp3) is 0.688. The average molecular weight is 320 g/mol. The molecule has 1 fully saturated rings. The lowest BCUT2D eigenvalue weighted by atomic mass is 10.0. The average Bonchev–Trinajstić information content (AvgIpc) is 3.10. The van der Waals surface area contributed by atoms with E-state index in [-0.39, 0.29) is 5.56 Å². The molecule has 3 rings (SSSR count). The SMILES string of the molecule is CCc1cc(=O)n2nc(N3CCCC3CCC(C)C)sc2n1. The molecule has 3 heterocycles. The van der Waals surface area contributed by atoms with Crippen LogP contribution < -0.4 is 10.5 Å². The van der Waals surface area contributed by atoms with E-state index in [4.69, 9.17) is 0 Å². The van der Waals surface area contributed by atoms with Crippen LogP contribution in [0.4, 0.5) is 5.13 Å². The Morgan fingerprint density at radius 3 is 3.00 bits per heavy atom. The van der Waals surface area contributed by atoms with Gasteiger partial charge in [0.2, 0.25) is 10.1 Å². The second kappa shape index (κ2) is 6.36. The van der Waals surface area contributed by atoms with Crippen LogP contribution in [-0.4, -0.2) is 27.2 Å². The maximum absolute atomic E-state index is 12.1. The first-order valence-corrected chi connectivity index (χ1v) is 9.06. The molecule has 2 aromatic heterocycles. The van der Waals surface area contributed by atoms with E-state index in [1.807, 2.05) is 6.92 Å². The number of fused-ring (bicyclic) bond motifs is 1. The van der Waals surface area contributed by atoms with E-state index in [1.165, 1.54) is 30.2 Å². The topological polar surface area (TPSA) is 50.5 Å². The minimum absolute atomic E-state index is 0.0673. The molecule has 2 aromatic rings. The van der Waals surface area contributed by atoms with Gasteiger partial charge in [0.15, 0.2) is 0 Å². The summed E-state index contributed by atoms with van der Waals surface area (Å²) in [5, 5.41) is 5.48. The van der Waals surface area contributed by atoms with Crippen LogP contribution in [0.2, 0.25) is 0 Å². The molecular formula is C16H24N4OS. The Bertz CT molecular complexity index is 706. The molecule has 1 saturated heterocycles. The van der Waals surface area contributed by atoms with Crippen LogP contribution in [0.5, 0.6) is 0 Å². The lowest BCUT2D eigenvalue weighted by Crippen LogP contribution is -2.29. The van der Waals surface area contributed by atoms with Crippen LogP contribution in [0, 0.1) is 5.92 Å². The predicted molar refractivity (Wildman–Crippen MR) is 91.0 cm³/mol. The van der Waals surface area contributed by atoms with Crippen molar-refractivity contribution in [1.29, 1.82) is 0 Å². The van der Waals surface area contributed by atoms with Gasteiger partial charge in [0.25, 0.3) is 5.56 Å². The fourth-order valence-electron chi connectivity index (χ4n) is 3.06. The van der Waals surface area contributed by atoms with E-state index in [0.29, 0.717) is 11.0 Å². The molecule has 0 aromatic carbocycles. The summed E-state index contributed by atoms with van der Waals surface area (Å²) in [4.78, 5) is 19.8. The minimum atomic E-state index is -0.0673. The quantitative estimate of drug-likeness (QED) is 0.849. The fourth-order valence-corrected chi connectivity index (χ4v) is 4.08. The molecule has 1 atom stereocenters. The molecule has 1 unspecified atom stereocenters. The summed E-state index contributed by atoms with van der Waals surface area (Å²) in [5.74, 6) is 0.731. The zero-order chi connectivity index (χ0) is 15.7. The molecule has 0 N–H and O–H groups in total. The number of hydrogen-bond donors (Lipinski definition) is 0. The van der Waals surface area contributed by atoms with Gasteiger partial charge in [-0.25, -0.2) is 4.98 Å². The Balaban J connectivity index is 1.89. The summed E-state index contributed by atoms with van der Waals surface area (Å²) in [6.07, 6.45) is 5.66. The Hall–Kier alpha value is -1.43. The van der Waals surface area contributed by atoms with Crippen molar-refractivity contribution in [3.8, 4) is 0 Å². The molecule has 0 saturated carbocycles. The van der Waals surface area contributed by atoms with Crippen molar-refractivity contribution in [2.75, 3.05) is 11.4 Å². The van der Waals surface area contributed by atoms with Gasteiger partial charge in [-0.05, 0) is 38.0 Å². The van der Waals surface area contributed by atoms with Crippen molar-refractivity contribution in [2.45, 2.75) is 58.9 Å². The zero-order valence-corrected chi connectivity index (χ0v) is 14.4. The third-order valence-corrected chi connectivity index (χ3v) is 5.30. The van der Waals surface area contributed by atoms with Gasteiger partial charge < -0.3 is 4.90 Å². The molecule has 1 aliphatic rings. The van der Waals surface area contributed by atoms with Gasteiger partial charge in [0.05, 0.1) is 0 Å². The van der Waals surface area contributed by atoms with Crippen molar-refractivity contribution in [2.24, 2.45) is 5.92 Å². The van der Waals surface area contributed by atoms with E-state index < -0.39 is 0 Å². The maximum Gasteiger partial charge on any atom is 0.275 e. The Labute approximate surface area is 135 Å². The van der Waals surface area contributed by atoms with Crippen LogP contribution in [0.15, 0.2) is 10.9 Å².